The van der Waals surface area contributed by atoms with E-state index in [0.717, 1.165) is 17.7 Å². The molecule has 0 aliphatic heterocycles. The van der Waals surface area contributed by atoms with Crippen LogP contribution in [0.3, 0.4) is 0 Å². The van der Waals surface area contributed by atoms with Crippen LogP contribution in [0.25, 0.3) is 0 Å². The molecule has 0 nitrogen and oxygen atoms in total. The molecule has 1 aromatic carbocycles. The molecule has 12 heavy (non-hydrogen) atoms. The van der Waals surface area contributed by atoms with Gasteiger partial charge in [-0.25, -0.2) is 0 Å². The summed E-state index contributed by atoms with van der Waals surface area (Å²) in [5.41, 5.74) is 0. The lowest BCUT2D eigenvalue weighted by Gasteiger charge is -2.15. The fourth-order valence-corrected chi connectivity index (χ4v) is 4.02. The predicted octanol–water partition coefficient (Wildman–Crippen LogP) is 3.04. The molecular formula is C9H11Cl2Si. The third kappa shape index (κ3) is 2.51. The average Bonchev–Trinajstić information content (AvgIpc) is 2.06. The molecule has 0 saturated heterocycles. The smallest absolute Gasteiger partial charge is 0.140 e. The van der Waals surface area contributed by atoms with Crippen molar-refractivity contribution in [2.24, 2.45) is 0 Å². The molecule has 65 valence electrons. The monoisotopic (exact) mass is 217 g/mol. The Morgan fingerprint density at radius 3 is 2.25 bits per heavy atom. The zero-order valence-corrected chi connectivity index (χ0v) is 9.28. The molecule has 0 aliphatic rings. The van der Waals surface area contributed by atoms with Crippen molar-refractivity contribution in [3.63, 3.8) is 0 Å². The van der Waals surface area contributed by atoms with E-state index in [4.69, 9.17) is 22.2 Å². The SMILES string of the molecule is [CH2]CC[Si](Cl)(Cl)c1ccccc1. The predicted molar refractivity (Wildman–Crippen MR) is 58.3 cm³/mol. The van der Waals surface area contributed by atoms with Crippen molar-refractivity contribution >= 4 is 34.0 Å². The lowest BCUT2D eigenvalue weighted by molar-refractivity contribution is 1.20. The van der Waals surface area contributed by atoms with Crippen LogP contribution < -0.4 is 5.19 Å². The van der Waals surface area contributed by atoms with Crippen LogP contribution in [0.5, 0.6) is 0 Å². The minimum Gasteiger partial charge on any atom is -0.140 e. The molecule has 1 radical (unpaired) electrons. The van der Waals surface area contributed by atoms with Crippen LogP contribution in [0, 0.1) is 6.92 Å². The van der Waals surface area contributed by atoms with Gasteiger partial charge in [-0.2, -0.15) is 0 Å². The molecule has 0 fully saturated rings. The summed E-state index contributed by atoms with van der Waals surface area (Å²) in [5, 5.41) is 1.08. The largest absolute Gasteiger partial charge is 0.280 e. The summed E-state index contributed by atoms with van der Waals surface area (Å²) in [7, 11) is 0. The fraction of sp³-hybridized carbons (Fsp3) is 0.222. The maximum atomic E-state index is 6.23. The van der Waals surface area contributed by atoms with Crippen molar-refractivity contribution in [3.05, 3.63) is 37.3 Å². The van der Waals surface area contributed by atoms with Crippen molar-refractivity contribution in [3.8, 4) is 0 Å². The maximum Gasteiger partial charge on any atom is 0.280 e. The minimum atomic E-state index is -2.20. The summed E-state index contributed by atoms with van der Waals surface area (Å²) in [4.78, 5) is 0. The van der Waals surface area contributed by atoms with Crippen LogP contribution >= 0.6 is 22.2 Å². The lowest BCUT2D eigenvalue weighted by atomic mass is 10.4. The molecule has 0 N–H and O–H groups in total. The number of rotatable bonds is 3. The van der Waals surface area contributed by atoms with Gasteiger partial charge in [-0.3, -0.25) is 0 Å². The van der Waals surface area contributed by atoms with E-state index in [2.05, 4.69) is 6.92 Å². The Morgan fingerprint density at radius 1 is 1.17 bits per heavy atom. The number of hydrogen-bond donors (Lipinski definition) is 0. The number of hydrogen-bond acceptors (Lipinski definition) is 0. The highest BCUT2D eigenvalue weighted by Gasteiger charge is 2.29. The second-order valence-corrected chi connectivity index (χ2v) is 9.61. The second-order valence-electron chi connectivity index (χ2n) is 2.67. The summed E-state index contributed by atoms with van der Waals surface area (Å²) in [6.07, 6.45) is 0.800. The fourth-order valence-electron chi connectivity index (χ4n) is 1.05. The van der Waals surface area contributed by atoms with Gasteiger partial charge in [-0.15, -0.1) is 22.2 Å². The Labute approximate surface area is 83.9 Å². The second kappa shape index (κ2) is 4.31. The zero-order valence-electron chi connectivity index (χ0n) is 6.76. The third-order valence-electron chi connectivity index (χ3n) is 1.69. The van der Waals surface area contributed by atoms with E-state index in [1.165, 1.54) is 0 Å². The Kier molecular flexibility index (Phi) is 3.63. The van der Waals surface area contributed by atoms with Gasteiger partial charge in [0.05, 0.1) is 0 Å². The van der Waals surface area contributed by atoms with Gasteiger partial charge in [-0.1, -0.05) is 43.7 Å². The first kappa shape index (κ1) is 10.1. The zero-order chi connectivity index (χ0) is 9.03. The van der Waals surface area contributed by atoms with Crippen LogP contribution in [0.1, 0.15) is 6.42 Å². The van der Waals surface area contributed by atoms with Crippen LogP contribution in [0.15, 0.2) is 30.3 Å². The van der Waals surface area contributed by atoms with Gasteiger partial charge < -0.3 is 0 Å². The van der Waals surface area contributed by atoms with E-state index in [-0.39, 0.29) is 0 Å². The number of benzene rings is 1. The van der Waals surface area contributed by atoms with Crippen molar-refractivity contribution in [2.75, 3.05) is 0 Å². The third-order valence-corrected chi connectivity index (χ3v) is 6.29. The van der Waals surface area contributed by atoms with Crippen LogP contribution in [-0.4, -0.2) is 6.69 Å². The van der Waals surface area contributed by atoms with Crippen LogP contribution in [0.2, 0.25) is 6.04 Å². The molecule has 0 unspecified atom stereocenters. The highest BCUT2D eigenvalue weighted by atomic mass is 35.7. The standard InChI is InChI=1S/C9H11Cl2Si/c1-2-8-12(10,11)9-6-4-3-5-7-9/h3-7H,1-2,8H2. The van der Waals surface area contributed by atoms with Gasteiger partial charge in [-0.05, 0) is 11.2 Å². The van der Waals surface area contributed by atoms with E-state index in [1.807, 2.05) is 30.3 Å². The minimum absolute atomic E-state index is 0.800. The van der Waals surface area contributed by atoms with Crippen molar-refractivity contribution in [1.29, 1.82) is 0 Å². The molecule has 3 heteroatoms. The quantitative estimate of drug-likeness (QED) is 0.540. The summed E-state index contributed by atoms with van der Waals surface area (Å²) < 4.78 is 0. The first-order chi connectivity index (χ1) is 5.67. The Balaban J connectivity index is 2.82. The van der Waals surface area contributed by atoms with E-state index in [0.29, 0.717) is 0 Å². The molecule has 0 saturated carbocycles. The van der Waals surface area contributed by atoms with Crippen molar-refractivity contribution in [2.45, 2.75) is 12.5 Å². The summed E-state index contributed by atoms with van der Waals surface area (Å²) in [6.45, 7) is 1.56. The molecule has 0 aromatic heterocycles. The summed E-state index contributed by atoms with van der Waals surface area (Å²) in [5.74, 6) is 0. The van der Waals surface area contributed by atoms with E-state index in [9.17, 15) is 0 Å². The van der Waals surface area contributed by atoms with E-state index >= 15 is 0 Å². The van der Waals surface area contributed by atoms with Crippen molar-refractivity contribution in [1.82, 2.24) is 0 Å². The molecule has 1 rings (SSSR count). The van der Waals surface area contributed by atoms with Crippen LogP contribution in [0.4, 0.5) is 0 Å². The normalized spacial score (nSPS) is 11.6. The van der Waals surface area contributed by atoms with Gasteiger partial charge in [0, 0.05) is 0 Å². The highest BCUT2D eigenvalue weighted by molar-refractivity contribution is 7.50. The van der Waals surface area contributed by atoms with E-state index in [1.54, 1.807) is 0 Å². The number of halogens is 2. The van der Waals surface area contributed by atoms with E-state index < -0.39 is 6.69 Å². The first-order valence-corrected chi connectivity index (χ1v) is 8.12. The van der Waals surface area contributed by atoms with Gasteiger partial charge in [0.1, 0.15) is 0 Å². The maximum absolute atomic E-state index is 6.23. The molecule has 0 spiro atoms. The molecule has 0 aliphatic carbocycles. The lowest BCUT2D eigenvalue weighted by Crippen LogP contribution is -2.35. The molecule has 0 amide bonds. The summed E-state index contributed by atoms with van der Waals surface area (Å²) in [6, 6.07) is 10.7. The van der Waals surface area contributed by atoms with Crippen molar-refractivity contribution < 1.29 is 0 Å². The first-order valence-electron chi connectivity index (χ1n) is 3.89. The Bertz CT molecular complexity index is 234. The molecule has 0 bridgehead atoms. The highest BCUT2D eigenvalue weighted by Crippen LogP contribution is 2.21. The molecule has 1 aromatic rings. The molecular weight excluding hydrogens is 207 g/mol. The average molecular weight is 218 g/mol. The Hall–Kier alpha value is 0.0169. The van der Waals surface area contributed by atoms with Gasteiger partial charge in [0.15, 0.2) is 0 Å². The van der Waals surface area contributed by atoms with Crippen LogP contribution in [-0.2, 0) is 0 Å². The van der Waals surface area contributed by atoms with Gasteiger partial charge in [0.2, 0.25) is 0 Å². The van der Waals surface area contributed by atoms with Gasteiger partial charge in [0.25, 0.3) is 6.69 Å². The topological polar surface area (TPSA) is 0 Å². The van der Waals surface area contributed by atoms with Gasteiger partial charge >= 0.3 is 0 Å². The molecule has 0 heterocycles. The summed E-state index contributed by atoms with van der Waals surface area (Å²) >= 11 is 12.5. The Morgan fingerprint density at radius 2 is 1.75 bits per heavy atom. The molecule has 0 atom stereocenters.